The number of fused-ring (bicyclic) bond motifs is 2. The molecule has 7 heteroatoms. The van der Waals surface area contributed by atoms with Crippen molar-refractivity contribution in [3.8, 4) is 11.5 Å². The van der Waals surface area contributed by atoms with Crippen molar-refractivity contribution in [1.82, 2.24) is 9.80 Å². The molecule has 6 nitrogen and oxygen atoms in total. The van der Waals surface area contributed by atoms with Gasteiger partial charge in [0.2, 0.25) is 18.6 Å². The molecular weight excluding hydrogens is 340 g/mol. The van der Waals surface area contributed by atoms with Crippen LogP contribution in [0.25, 0.3) is 0 Å². The number of amides is 2. The number of thioether (sulfide) groups is 1. The molecule has 2 fully saturated rings. The molecule has 3 aliphatic heterocycles. The highest BCUT2D eigenvalue weighted by Crippen LogP contribution is 2.47. The zero-order valence-electron chi connectivity index (χ0n) is 14.5. The minimum atomic E-state index is -0.348. The third-order valence-electron chi connectivity index (χ3n) is 5.23. The third-order valence-corrected chi connectivity index (χ3v) is 6.74. The van der Waals surface area contributed by atoms with Gasteiger partial charge >= 0.3 is 0 Å². The van der Waals surface area contributed by atoms with E-state index in [2.05, 4.69) is 6.92 Å². The van der Waals surface area contributed by atoms with Crippen molar-refractivity contribution in [2.75, 3.05) is 19.1 Å². The zero-order chi connectivity index (χ0) is 17.6. The van der Waals surface area contributed by atoms with Crippen molar-refractivity contribution in [1.29, 1.82) is 0 Å². The lowest BCUT2D eigenvalue weighted by atomic mass is 10.1. The summed E-state index contributed by atoms with van der Waals surface area (Å²) in [5.74, 6) is 2.28. The Balaban J connectivity index is 1.51. The molecular formula is C18H22N2O4S. The Hall–Kier alpha value is -1.89. The fourth-order valence-corrected chi connectivity index (χ4v) is 5.24. The van der Waals surface area contributed by atoms with E-state index in [-0.39, 0.29) is 29.5 Å². The fourth-order valence-electron chi connectivity index (χ4n) is 3.82. The first-order chi connectivity index (χ1) is 12.0. The highest BCUT2D eigenvalue weighted by atomic mass is 32.2. The number of carbonyl (C=O) groups excluding carboxylic acids is 2. The summed E-state index contributed by atoms with van der Waals surface area (Å²) >= 11 is 1.73. The standard InChI is InChI=1S/C18H22N2O4S/c1-3-19(9-12-4-5-14-15(8-12)24-11-23-14)17(22)13-10-25-18(2)7-6-16(21)20(13)18/h4-5,8,13H,3,6-7,9-11H2,1-2H3/t13-,18-/m0/s1. The number of ether oxygens (including phenoxy) is 2. The van der Waals surface area contributed by atoms with E-state index in [1.165, 1.54) is 0 Å². The predicted octanol–water partition coefficient (Wildman–Crippen LogP) is 2.22. The molecule has 1 aromatic carbocycles. The lowest BCUT2D eigenvalue weighted by molar-refractivity contribution is -0.144. The van der Waals surface area contributed by atoms with Gasteiger partial charge in [0.1, 0.15) is 6.04 Å². The molecule has 3 aliphatic rings. The zero-order valence-corrected chi connectivity index (χ0v) is 15.3. The molecule has 3 heterocycles. The first-order valence-corrected chi connectivity index (χ1v) is 9.64. The minimum Gasteiger partial charge on any atom is -0.454 e. The van der Waals surface area contributed by atoms with Crippen molar-refractivity contribution in [3.63, 3.8) is 0 Å². The molecule has 0 aromatic heterocycles. The molecule has 0 spiro atoms. The lowest BCUT2D eigenvalue weighted by Gasteiger charge is -2.32. The Morgan fingerprint density at radius 2 is 2.20 bits per heavy atom. The predicted molar refractivity (Wildman–Crippen MR) is 94.4 cm³/mol. The van der Waals surface area contributed by atoms with Crippen LogP contribution in [0.3, 0.4) is 0 Å². The van der Waals surface area contributed by atoms with E-state index in [4.69, 9.17) is 9.47 Å². The van der Waals surface area contributed by atoms with Gasteiger partial charge in [-0.1, -0.05) is 6.07 Å². The van der Waals surface area contributed by atoms with Crippen LogP contribution < -0.4 is 9.47 Å². The summed E-state index contributed by atoms with van der Waals surface area (Å²) < 4.78 is 10.8. The Kier molecular flexibility index (Phi) is 4.06. The van der Waals surface area contributed by atoms with Gasteiger partial charge in [-0.3, -0.25) is 9.59 Å². The third kappa shape index (κ3) is 2.74. The highest BCUT2D eigenvalue weighted by molar-refractivity contribution is 8.01. The van der Waals surface area contributed by atoms with E-state index in [1.54, 1.807) is 11.8 Å². The second kappa shape index (κ2) is 6.12. The van der Waals surface area contributed by atoms with Crippen LogP contribution >= 0.6 is 11.8 Å². The van der Waals surface area contributed by atoms with Gasteiger partial charge in [-0.05, 0) is 38.0 Å². The number of hydrogen-bond acceptors (Lipinski definition) is 5. The summed E-state index contributed by atoms with van der Waals surface area (Å²) in [6.07, 6.45) is 1.37. The van der Waals surface area contributed by atoms with Crippen molar-refractivity contribution in [2.45, 2.75) is 44.1 Å². The van der Waals surface area contributed by atoms with E-state index in [1.807, 2.05) is 34.9 Å². The molecule has 2 saturated heterocycles. The van der Waals surface area contributed by atoms with Gasteiger partial charge in [-0.2, -0.15) is 0 Å². The molecule has 0 bridgehead atoms. The summed E-state index contributed by atoms with van der Waals surface area (Å²) in [4.78, 5) is 28.8. The molecule has 1 aromatic rings. The summed E-state index contributed by atoms with van der Waals surface area (Å²) in [5, 5.41) is 0. The summed E-state index contributed by atoms with van der Waals surface area (Å²) in [6, 6.07) is 5.41. The minimum absolute atomic E-state index is 0.0339. The second-order valence-corrected chi connectivity index (χ2v) is 8.31. The molecule has 0 saturated carbocycles. The summed E-state index contributed by atoms with van der Waals surface area (Å²) in [7, 11) is 0. The number of carbonyl (C=O) groups is 2. The van der Waals surface area contributed by atoms with E-state index < -0.39 is 0 Å². The average molecular weight is 362 g/mol. The van der Waals surface area contributed by atoms with Crippen LogP contribution in [0.4, 0.5) is 0 Å². The quantitative estimate of drug-likeness (QED) is 0.822. The van der Waals surface area contributed by atoms with Gasteiger partial charge in [0.15, 0.2) is 11.5 Å². The average Bonchev–Trinajstić information content (AvgIpc) is 3.27. The van der Waals surface area contributed by atoms with Gasteiger partial charge in [-0.25, -0.2) is 0 Å². The maximum absolute atomic E-state index is 13.1. The maximum Gasteiger partial charge on any atom is 0.246 e. The van der Waals surface area contributed by atoms with Crippen molar-refractivity contribution >= 4 is 23.6 Å². The Morgan fingerprint density at radius 3 is 3.00 bits per heavy atom. The second-order valence-electron chi connectivity index (χ2n) is 6.81. The number of hydrogen-bond donors (Lipinski definition) is 0. The van der Waals surface area contributed by atoms with Gasteiger partial charge in [0.05, 0.1) is 4.87 Å². The number of benzene rings is 1. The largest absolute Gasteiger partial charge is 0.454 e. The topological polar surface area (TPSA) is 59.1 Å². The van der Waals surface area contributed by atoms with Crippen molar-refractivity contribution in [2.24, 2.45) is 0 Å². The maximum atomic E-state index is 13.1. The monoisotopic (exact) mass is 362 g/mol. The van der Waals surface area contributed by atoms with Crippen LogP contribution in [0.2, 0.25) is 0 Å². The SMILES string of the molecule is CCN(Cc1ccc2c(c1)OCO2)C(=O)[C@@H]1CS[C@@]2(C)CCC(=O)N12. The molecule has 25 heavy (non-hydrogen) atoms. The van der Waals surface area contributed by atoms with Crippen LogP contribution in [-0.4, -0.2) is 51.6 Å². The Bertz CT molecular complexity index is 725. The normalized spacial score (nSPS) is 26.9. The number of rotatable bonds is 4. The number of likely N-dealkylation sites (N-methyl/N-ethyl adjacent to an activating group) is 1. The van der Waals surface area contributed by atoms with Crippen LogP contribution in [0, 0.1) is 0 Å². The fraction of sp³-hybridized carbons (Fsp3) is 0.556. The van der Waals surface area contributed by atoms with E-state index >= 15 is 0 Å². The van der Waals surface area contributed by atoms with Crippen LogP contribution in [-0.2, 0) is 16.1 Å². The molecule has 0 unspecified atom stereocenters. The first kappa shape index (κ1) is 16.6. The first-order valence-electron chi connectivity index (χ1n) is 8.65. The van der Waals surface area contributed by atoms with Crippen LogP contribution in [0.1, 0.15) is 32.3 Å². The molecule has 4 rings (SSSR count). The van der Waals surface area contributed by atoms with Gasteiger partial charge in [0, 0.05) is 25.3 Å². The lowest BCUT2D eigenvalue weighted by Crippen LogP contribution is -2.51. The van der Waals surface area contributed by atoms with Gasteiger partial charge < -0.3 is 19.3 Å². The molecule has 0 radical (unpaired) electrons. The highest BCUT2D eigenvalue weighted by Gasteiger charge is 2.53. The van der Waals surface area contributed by atoms with Crippen LogP contribution in [0.15, 0.2) is 18.2 Å². The molecule has 0 aliphatic carbocycles. The van der Waals surface area contributed by atoms with Gasteiger partial charge in [0.25, 0.3) is 0 Å². The Morgan fingerprint density at radius 1 is 1.40 bits per heavy atom. The number of nitrogens with zero attached hydrogens (tertiary/aromatic N) is 2. The molecule has 2 amide bonds. The van der Waals surface area contributed by atoms with Crippen molar-refractivity contribution in [3.05, 3.63) is 23.8 Å². The van der Waals surface area contributed by atoms with E-state index in [0.717, 1.165) is 23.5 Å². The van der Waals surface area contributed by atoms with Crippen molar-refractivity contribution < 1.29 is 19.1 Å². The molecule has 134 valence electrons. The van der Waals surface area contributed by atoms with E-state index in [0.29, 0.717) is 25.3 Å². The molecule has 2 atom stereocenters. The smallest absolute Gasteiger partial charge is 0.246 e. The summed E-state index contributed by atoms with van der Waals surface area (Å²) in [5.41, 5.74) is 1.00. The Labute approximate surface area is 151 Å². The molecule has 0 N–H and O–H groups in total. The van der Waals surface area contributed by atoms with Crippen LogP contribution in [0.5, 0.6) is 11.5 Å². The summed E-state index contributed by atoms with van der Waals surface area (Å²) in [6.45, 7) is 5.39. The van der Waals surface area contributed by atoms with Gasteiger partial charge in [-0.15, -0.1) is 11.8 Å². The van der Waals surface area contributed by atoms with E-state index in [9.17, 15) is 9.59 Å².